The van der Waals surface area contributed by atoms with Crippen LogP contribution in [0.4, 0.5) is 0 Å². The molecule has 0 bridgehead atoms. The van der Waals surface area contributed by atoms with Crippen LogP contribution in [0.15, 0.2) is 0 Å². The Morgan fingerprint density at radius 1 is 1.21 bits per heavy atom. The fraction of sp³-hybridized carbons (Fsp3) is 0.833. The van der Waals surface area contributed by atoms with Crippen LogP contribution in [-0.2, 0) is 26.5 Å². The van der Waals surface area contributed by atoms with E-state index in [0.29, 0.717) is 0 Å². The van der Waals surface area contributed by atoms with Gasteiger partial charge in [-0.1, -0.05) is 0 Å². The molecule has 0 amide bonds. The molecular weight excluding hydrogens is 353 g/mol. The van der Waals surface area contributed by atoms with E-state index in [-0.39, 0.29) is 73.5 Å². The van der Waals surface area contributed by atoms with Crippen LogP contribution in [-0.4, -0.2) is 112 Å². The Hall–Kier alpha value is 1.76. The van der Waals surface area contributed by atoms with Crippen molar-refractivity contribution in [2.24, 2.45) is 0 Å². The molecule has 6 nitrogen and oxygen atoms in total. The van der Waals surface area contributed by atoms with E-state index >= 15 is 0 Å². The summed E-state index contributed by atoms with van der Waals surface area (Å²) in [4.78, 5) is 10.5. The molecule has 0 saturated heterocycles. The Morgan fingerprint density at radius 3 is 1.93 bits per heavy atom. The van der Waals surface area contributed by atoms with Gasteiger partial charge in [-0.05, 0) is 0 Å². The van der Waals surface area contributed by atoms with E-state index in [1.165, 1.54) is 0 Å². The molecule has 0 spiro atoms. The third kappa shape index (κ3) is 7.10. The third-order valence-corrected chi connectivity index (χ3v) is 1.39. The summed E-state index contributed by atoms with van der Waals surface area (Å²) < 4.78 is 0. The number of Topliss-reactive ketones (excluding diaryl/α,β-unsaturated/α-hetero) is 1. The van der Waals surface area contributed by atoms with Crippen molar-refractivity contribution in [1.82, 2.24) is 0 Å². The molecule has 3 atom stereocenters. The number of hydrogen-bond donors (Lipinski definition) is 5. The Kier molecular flexibility index (Phi) is 16.9. The van der Waals surface area contributed by atoms with Gasteiger partial charge in [0.05, 0.1) is 6.61 Å². The van der Waals surface area contributed by atoms with Gasteiger partial charge in [0.2, 0.25) is 0 Å². The largest absolute Gasteiger partial charge is 2.00 e. The summed E-state index contributed by atoms with van der Waals surface area (Å²) in [5.74, 6) is -1.00. The van der Waals surface area contributed by atoms with Gasteiger partial charge in [-0.2, -0.15) is 0 Å². The molecule has 0 aliphatic heterocycles. The molecule has 0 heterocycles. The molecule has 0 aromatic rings. The predicted molar refractivity (Wildman–Crippen MR) is 45.2 cm³/mol. The van der Waals surface area contributed by atoms with E-state index in [0.717, 1.165) is 0 Å². The Bertz CT molecular complexity index is 166. The van der Waals surface area contributed by atoms with E-state index in [9.17, 15) is 4.79 Å². The van der Waals surface area contributed by atoms with Gasteiger partial charge in [0.25, 0.3) is 0 Å². The van der Waals surface area contributed by atoms with Crippen molar-refractivity contribution in [2.75, 3.05) is 13.2 Å². The molecule has 0 aromatic carbocycles. The molecule has 8 heteroatoms. The second-order valence-corrected chi connectivity index (χ2v) is 2.31. The van der Waals surface area contributed by atoms with E-state index in [1.807, 2.05) is 0 Å². The first-order chi connectivity index (χ1) is 5.54. The first-order valence-corrected chi connectivity index (χ1v) is 3.33. The van der Waals surface area contributed by atoms with Gasteiger partial charge < -0.3 is 28.4 Å². The van der Waals surface area contributed by atoms with Gasteiger partial charge >= 0.3 is 48.9 Å². The molecule has 0 aliphatic carbocycles. The molecule has 0 fully saturated rings. The van der Waals surface area contributed by atoms with Crippen LogP contribution in [0.25, 0.3) is 0 Å². The number of rotatable bonds is 5. The molecule has 0 aliphatic rings. The number of aliphatic hydroxyl groups excluding tert-OH is 5. The summed E-state index contributed by atoms with van der Waals surface area (Å²) in [7, 11) is 0. The summed E-state index contributed by atoms with van der Waals surface area (Å²) in [5.41, 5.74) is 0. The van der Waals surface area contributed by atoms with E-state index in [4.69, 9.17) is 25.5 Å². The number of ketones is 1. The van der Waals surface area contributed by atoms with Gasteiger partial charge in [0.1, 0.15) is 24.9 Å². The molecule has 0 rings (SSSR count). The van der Waals surface area contributed by atoms with E-state index in [2.05, 4.69) is 0 Å². The third-order valence-electron chi connectivity index (χ3n) is 1.39. The average molecular weight is 367 g/mol. The summed E-state index contributed by atoms with van der Waals surface area (Å²) in [6.45, 7) is -1.69. The topological polar surface area (TPSA) is 118 Å². The van der Waals surface area contributed by atoms with E-state index in [1.54, 1.807) is 0 Å². The SMILES string of the molecule is O=C(CO)[C@H](O)[C@@H](O)[C@H](O)CO.[Ba+2].[H-].[H-].[Ti]. The number of hydrogen-bond acceptors (Lipinski definition) is 6. The fourth-order valence-corrected chi connectivity index (χ4v) is 0.602. The second-order valence-electron chi connectivity index (χ2n) is 2.31. The molecule has 0 unspecified atom stereocenters. The van der Waals surface area contributed by atoms with Crippen molar-refractivity contribution in [2.45, 2.75) is 18.3 Å². The van der Waals surface area contributed by atoms with Crippen LogP contribution in [0.1, 0.15) is 2.85 Å². The molecular formula is C6H14BaO6Ti. The predicted octanol–water partition coefficient (Wildman–Crippen LogP) is -3.54. The van der Waals surface area contributed by atoms with Crippen molar-refractivity contribution < 1.29 is 54.9 Å². The van der Waals surface area contributed by atoms with Crippen molar-refractivity contribution in [1.29, 1.82) is 0 Å². The van der Waals surface area contributed by atoms with Crippen molar-refractivity contribution in [3.05, 3.63) is 0 Å². The van der Waals surface area contributed by atoms with Crippen LogP contribution in [0, 0.1) is 0 Å². The zero-order chi connectivity index (χ0) is 9.72. The van der Waals surface area contributed by atoms with Gasteiger partial charge in [-0.25, -0.2) is 0 Å². The maximum absolute atomic E-state index is 10.5. The van der Waals surface area contributed by atoms with Crippen LogP contribution in [0.2, 0.25) is 0 Å². The maximum atomic E-state index is 10.5. The maximum Gasteiger partial charge on any atom is 2.00 e. The molecule has 14 heavy (non-hydrogen) atoms. The zero-order valence-corrected chi connectivity index (χ0v) is 13.5. The van der Waals surface area contributed by atoms with Gasteiger partial charge in [0, 0.05) is 21.7 Å². The quantitative estimate of drug-likeness (QED) is 0.322. The van der Waals surface area contributed by atoms with Crippen LogP contribution in [0.5, 0.6) is 0 Å². The van der Waals surface area contributed by atoms with Gasteiger partial charge in [-0.3, -0.25) is 4.79 Å². The first kappa shape index (κ1) is 21.1. The summed E-state index contributed by atoms with van der Waals surface area (Å²) >= 11 is 0. The van der Waals surface area contributed by atoms with Gasteiger partial charge in [-0.15, -0.1) is 0 Å². The summed E-state index contributed by atoms with van der Waals surface area (Å²) in [6.07, 6.45) is -5.22. The normalized spacial score (nSPS) is 15.8. The zero-order valence-electron chi connectivity index (χ0n) is 9.50. The molecule has 0 aromatic heterocycles. The van der Waals surface area contributed by atoms with Crippen molar-refractivity contribution in [3.63, 3.8) is 0 Å². The first-order valence-electron chi connectivity index (χ1n) is 3.33. The van der Waals surface area contributed by atoms with Crippen LogP contribution >= 0.6 is 0 Å². The molecule has 5 N–H and O–H groups in total. The molecule has 0 radical (unpaired) electrons. The average Bonchev–Trinajstić information content (AvgIpc) is 2.12. The van der Waals surface area contributed by atoms with E-state index < -0.39 is 37.3 Å². The Balaban J connectivity index is -0.000000101. The number of carbonyl (C=O) groups is 1. The van der Waals surface area contributed by atoms with Crippen LogP contribution < -0.4 is 0 Å². The molecule has 0 saturated carbocycles. The minimum Gasteiger partial charge on any atom is -1.00 e. The number of carbonyl (C=O) groups excluding carboxylic acids is 1. The smallest absolute Gasteiger partial charge is 1.00 e. The summed E-state index contributed by atoms with van der Waals surface area (Å²) in [5, 5.41) is 43.1. The molecule has 80 valence electrons. The second kappa shape index (κ2) is 11.2. The minimum absolute atomic E-state index is 0. The number of aliphatic hydroxyl groups is 5. The van der Waals surface area contributed by atoms with Crippen molar-refractivity contribution >= 4 is 54.7 Å². The van der Waals surface area contributed by atoms with Gasteiger partial charge in [0.15, 0.2) is 5.78 Å². The standard InChI is InChI=1S/C6H12O6.Ba.Ti.2H/c7-1-3(9)5(11)6(12)4(10)2-8;;;;/h3,5-9,11-12H,1-2H2;;;;/q;+2;;2*-1/t3-,5+,6+;;;;/m1..../s1. The summed E-state index contributed by atoms with van der Waals surface area (Å²) in [6, 6.07) is 0. The fourth-order valence-electron chi connectivity index (χ4n) is 0.602. The van der Waals surface area contributed by atoms with Crippen molar-refractivity contribution in [3.8, 4) is 0 Å². The minimum atomic E-state index is -1.86. The Morgan fingerprint density at radius 2 is 1.64 bits per heavy atom. The van der Waals surface area contributed by atoms with Crippen LogP contribution in [0.3, 0.4) is 0 Å². The monoisotopic (exact) mass is 368 g/mol. The Labute approximate surface area is 139 Å².